The maximum absolute atomic E-state index is 13.6. The lowest BCUT2D eigenvalue weighted by molar-refractivity contribution is -0.128. The minimum atomic E-state index is -0.401. The third-order valence-electron chi connectivity index (χ3n) is 5.69. The summed E-state index contributed by atoms with van der Waals surface area (Å²) in [6, 6.07) is 20.8. The summed E-state index contributed by atoms with van der Waals surface area (Å²) in [4.78, 5) is 28.5. The molecule has 0 atom stereocenters. The third kappa shape index (κ3) is 4.45. The summed E-state index contributed by atoms with van der Waals surface area (Å²) in [7, 11) is 0. The first-order valence-electron chi connectivity index (χ1n) is 11.1. The second-order valence-corrected chi connectivity index (χ2v) is 8.88. The molecule has 0 radical (unpaired) electrons. The number of nitrogens with zero attached hydrogens (tertiary/aromatic N) is 4. The molecule has 0 bridgehead atoms. The van der Waals surface area contributed by atoms with Crippen molar-refractivity contribution in [1.29, 1.82) is 5.26 Å². The number of morpholine rings is 1. The first-order valence-corrected chi connectivity index (χ1v) is 11.9. The summed E-state index contributed by atoms with van der Waals surface area (Å²) in [6.45, 7) is 1.64. The average Bonchev–Trinajstić information content (AvgIpc) is 3.50. The van der Waals surface area contributed by atoms with Crippen molar-refractivity contribution >= 4 is 28.9 Å². The quantitative estimate of drug-likeness (QED) is 0.475. The van der Waals surface area contributed by atoms with Gasteiger partial charge in [-0.2, -0.15) is 10.4 Å². The summed E-state index contributed by atoms with van der Waals surface area (Å²) in [6.07, 6.45) is 3.40. The van der Waals surface area contributed by atoms with Gasteiger partial charge < -0.3 is 9.64 Å². The molecule has 1 fully saturated rings. The predicted octanol–water partition coefficient (Wildman–Crippen LogP) is 1.65. The number of hydrogen-bond acceptors (Lipinski definition) is 6. The average molecular weight is 484 g/mol. The molecule has 0 unspecified atom stereocenters. The van der Waals surface area contributed by atoms with Gasteiger partial charge in [-0.25, -0.2) is 0 Å². The Bertz CT molecular complexity index is 1570. The van der Waals surface area contributed by atoms with Gasteiger partial charge in [-0.15, -0.1) is 11.3 Å². The minimum absolute atomic E-state index is 0.0621. The van der Waals surface area contributed by atoms with Crippen LogP contribution in [-0.4, -0.2) is 51.9 Å². The van der Waals surface area contributed by atoms with Gasteiger partial charge in [-0.3, -0.25) is 19.3 Å². The first kappa shape index (κ1) is 22.5. The van der Waals surface area contributed by atoms with Crippen LogP contribution in [0.25, 0.3) is 28.6 Å². The zero-order valence-corrected chi connectivity index (χ0v) is 19.5. The minimum Gasteiger partial charge on any atom is -0.378 e. The molecule has 1 aliphatic heterocycles. The zero-order chi connectivity index (χ0) is 24.2. The van der Waals surface area contributed by atoms with Crippen LogP contribution < -0.4 is 14.8 Å². The number of nitrogens with one attached hydrogen (secondary N) is 1. The number of aromatic nitrogens is 3. The van der Waals surface area contributed by atoms with E-state index in [2.05, 4.69) is 16.3 Å². The number of carbonyl (C=O) groups excluding carboxylic acids is 1. The van der Waals surface area contributed by atoms with E-state index >= 15 is 0 Å². The van der Waals surface area contributed by atoms with Gasteiger partial charge >= 0.3 is 0 Å². The largest absolute Gasteiger partial charge is 0.378 e. The highest BCUT2D eigenvalue weighted by Gasteiger charge is 2.24. The summed E-state index contributed by atoms with van der Waals surface area (Å²) in [5, 5.41) is 17.2. The molecule has 0 saturated carbocycles. The standard InChI is InChI=1S/C26H21N5O3S/c27-16-21(24(32)30-11-13-34-14-12-30)26-31(20-9-5-2-6-10-20)25(33)22(35-26)15-19-17-28-29-23(19)18-7-3-1-4-8-18/h1-10,15,17H,11-14H2,(H,28,29). The Balaban J connectivity index is 1.74. The lowest BCUT2D eigenvalue weighted by Gasteiger charge is -2.26. The van der Waals surface area contributed by atoms with Gasteiger partial charge in [0, 0.05) is 24.2 Å². The molecule has 35 heavy (non-hydrogen) atoms. The van der Waals surface area contributed by atoms with E-state index in [4.69, 9.17) is 4.74 Å². The summed E-state index contributed by atoms with van der Waals surface area (Å²) in [5.41, 5.74) is 2.66. The van der Waals surface area contributed by atoms with Crippen LogP contribution >= 0.6 is 11.3 Å². The van der Waals surface area contributed by atoms with Crippen molar-refractivity contribution in [3.8, 4) is 23.0 Å². The Morgan fingerprint density at radius 1 is 1.09 bits per heavy atom. The number of para-hydroxylation sites is 1. The lowest BCUT2D eigenvalue weighted by atomic mass is 10.1. The fourth-order valence-corrected chi connectivity index (χ4v) is 5.04. The van der Waals surface area contributed by atoms with Crippen LogP contribution in [0.15, 0.2) is 71.7 Å². The van der Waals surface area contributed by atoms with Gasteiger partial charge in [0.2, 0.25) is 0 Å². The first-order chi connectivity index (χ1) is 17.2. The molecule has 1 N–H and O–H groups in total. The van der Waals surface area contributed by atoms with Crippen LogP contribution in [0.2, 0.25) is 0 Å². The molecule has 9 heteroatoms. The van der Waals surface area contributed by atoms with E-state index in [9.17, 15) is 14.9 Å². The van der Waals surface area contributed by atoms with Crippen molar-refractivity contribution in [2.45, 2.75) is 0 Å². The monoisotopic (exact) mass is 483 g/mol. The van der Waals surface area contributed by atoms with Gasteiger partial charge in [0.05, 0.1) is 35.3 Å². The van der Waals surface area contributed by atoms with Crippen LogP contribution in [0.5, 0.6) is 0 Å². The molecule has 0 spiro atoms. The number of benzene rings is 2. The van der Waals surface area contributed by atoms with Gasteiger partial charge in [0.1, 0.15) is 10.7 Å². The van der Waals surface area contributed by atoms with Crippen LogP contribution in [0.3, 0.4) is 0 Å². The fraction of sp³-hybridized carbons (Fsp3) is 0.154. The Kier molecular flexibility index (Phi) is 6.39. The fourth-order valence-electron chi connectivity index (χ4n) is 3.96. The molecule has 1 amide bonds. The smallest absolute Gasteiger partial charge is 0.273 e. The summed E-state index contributed by atoms with van der Waals surface area (Å²) >= 11 is 1.12. The second kappa shape index (κ2) is 9.93. The molecular weight excluding hydrogens is 462 g/mol. The van der Waals surface area contributed by atoms with Crippen molar-refractivity contribution in [2.24, 2.45) is 0 Å². The molecular formula is C26H21N5O3S. The summed E-state index contributed by atoms with van der Waals surface area (Å²) < 4.78 is 7.47. The van der Waals surface area contributed by atoms with Gasteiger partial charge in [-0.05, 0) is 18.2 Å². The van der Waals surface area contributed by atoms with Crippen LogP contribution in [0, 0.1) is 11.3 Å². The van der Waals surface area contributed by atoms with Crippen LogP contribution in [0.4, 0.5) is 0 Å². The van der Waals surface area contributed by atoms with Crippen molar-refractivity contribution in [3.05, 3.63) is 92.0 Å². The molecule has 0 aliphatic carbocycles. The number of aromatic amines is 1. The number of H-pyrrole nitrogens is 1. The number of carbonyl (C=O) groups is 1. The SMILES string of the molecule is N#CC(C(=O)N1CCOCC1)=c1sc(=Cc2cn[nH]c2-c2ccccc2)c(=O)n1-c1ccccc1. The molecule has 1 aliphatic rings. The number of ether oxygens (including phenoxy) is 1. The van der Waals surface area contributed by atoms with Crippen LogP contribution in [-0.2, 0) is 9.53 Å². The van der Waals surface area contributed by atoms with E-state index < -0.39 is 5.91 Å². The Labute approximate surface area is 204 Å². The molecule has 174 valence electrons. The van der Waals surface area contributed by atoms with E-state index in [1.165, 1.54) is 4.57 Å². The number of hydrogen-bond donors (Lipinski definition) is 1. The van der Waals surface area contributed by atoms with Gasteiger partial charge in [-0.1, -0.05) is 48.5 Å². The second-order valence-electron chi connectivity index (χ2n) is 7.85. The number of rotatable bonds is 4. The summed E-state index contributed by atoms with van der Waals surface area (Å²) in [5.74, 6) is -0.401. The van der Waals surface area contributed by atoms with Crippen molar-refractivity contribution in [3.63, 3.8) is 0 Å². The maximum Gasteiger partial charge on any atom is 0.273 e. The highest BCUT2D eigenvalue weighted by Crippen LogP contribution is 2.21. The third-order valence-corrected chi connectivity index (χ3v) is 6.79. The van der Waals surface area contributed by atoms with E-state index in [0.29, 0.717) is 41.2 Å². The van der Waals surface area contributed by atoms with Gasteiger partial charge in [0.25, 0.3) is 11.5 Å². The van der Waals surface area contributed by atoms with Crippen LogP contribution in [0.1, 0.15) is 5.56 Å². The lowest BCUT2D eigenvalue weighted by Crippen LogP contribution is -2.42. The highest BCUT2D eigenvalue weighted by atomic mass is 32.1. The Morgan fingerprint density at radius 2 is 1.77 bits per heavy atom. The van der Waals surface area contributed by atoms with E-state index in [1.54, 1.807) is 29.3 Å². The molecule has 1 saturated heterocycles. The number of thiazole rings is 1. The molecule has 2 aromatic carbocycles. The van der Waals surface area contributed by atoms with Crippen molar-refractivity contribution in [2.75, 3.05) is 26.3 Å². The zero-order valence-electron chi connectivity index (χ0n) is 18.7. The molecule has 3 heterocycles. The van der Waals surface area contributed by atoms with Crippen molar-refractivity contribution in [1.82, 2.24) is 19.7 Å². The normalized spacial score (nSPS) is 15.1. The topological polar surface area (TPSA) is 104 Å². The molecule has 4 aromatic rings. The Morgan fingerprint density at radius 3 is 2.46 bits per heavy atom. The van der Waals surface area contributed by atoms with E-state index in [1.807, 2.05) is 48.5 Å². The number of nitriles is 1. The number of amides is 1. The molecule has 5 rings (SSSR count). The molecule has 2 aromatic heterocycles. The van der Waals surface area contributed by atoms with Gasteiger partial charge in [0.15, 0.2) is 5.57 Å². The van der Waals surface area contributed by atoms with E-state index in [-0.39, 0.29) is 11.1 Å². The van der Waals surface area contributed by atoms with E-state index in [0.717, 1.165) is 28.2 Å². The van der Waals surface area contributed by atoms with Crippen molar-refractivity contribution < 1.29 is 9.53 Å². The highest BCUT2D eigenvalue weighted by molar-refractivity contribution is 7.07. The maximum atomic E-state index is 13.6. The molecule has 8 nitrogen and oxygen atoms in total. The predicted molar refractivity (Wildman–Crippen MR) is 133 cm³/mol. The Hall–Kier alpha value is -4.26.